The van der Waals surface area contributed by atoms with Gasteiger partial charge in [-0.1, -0.05) is 17.7 Å². The topological polar surface area (TPSA) is 37.3 Å². The van der Waals surface area contributed by atoms with Crippen molar-refractivity contribution in [1.82, 2.24) is 0 Å². The minimum atomic E-state index is -1.31. The van der Waals surface area contributed by atoms with Crippen molar-refractivity contribution < 1.29 is 13.7 Å². The summed E-state index contributed by atoms with van der Waals surface area (Å²) in [6, 6.07) is 7.15. The van der Waals surface area contributed by atoms with Crippen LogP contribution in [0.5, 0.6) is 0 Å². The normalized spacial score (nSPS) is 15.1. The van der Waals surface area contributed by atoms with Gasteiger partial charge in [0.25, 0.3) is 0 Å². The van der Waals surface area contributed by atoms with Crippen molar-refractivity contribution in [2.75, 3.05) is 12.4 Å². The third kappa shape index (κ3) is 3.20. The lowest BCUT2D eigenvalue weighted by Gasteiger charge is -2.05. The predicted molar refractivity (Wildman–Crippen MR) is 54.4 cm³/mol. The lowest BCUT2D eigenvalue weighted by molar-refractivity contribution is 0.161. The molecular weight excluding hydrogens is 203 g/mol. The maximum atomic E-state index is 11.9. The average Bonchev–Trinajstić information content (AvgIpc) is 2.18. The lowest BCUT2D eigenvalue weighted by Crippen LogP contribution is -2.18. The maximum absolute atomic E-state index is 11.9. The molecule has 0 heterocycles. The number of hydrogen-bond acceptors (Lipinski definition) is 2. The molecule has 0 amide bonds. The molecule has 0 bridgehead atoms. The van der Waals surface area contributed by atoms with Crippen molar-refractivity contribution in [1.29, 1.82) is 0 Å². The summed E-state index contributed by atoms with van der Waals surface area (Å²) in [5.41, 5.74) is 1.08. The molecule has 1 aromatic rings. The summed E-state index contributed by atoms with van der Waals surface area (Å²) < 4.78 is 23.5. The minimum absolute atomic E-state index is 0.0421. The SMILES string of the molecule is Cc1ccc(S(=O)C[C@H](O)CF)cc1. The van der Waals surface area contributed by atoms with E-state index in [-0.39, 0.29) is 5.75 Å². The van der Waals surface area contributed by atoms with Gasteiger partial charge in [-0.3, -0.25) is 4.21 Å². The summed E-state index contributed by atoms with van der Waals surface area (Å²) in [6.07, 6.45) is -1.13. The molecule has 0 saturated heterocycles. The van der Waals surface area contributed by atoms with E-state index < -0.39 is 23.6 Å². The average molecular weight is 216 g/mol. The Morgan fingerprint density at radius 2 is 2.00 bits per heavy atom. The number of aryl methyl sites for hydroxylation is 1. The van der Waals surface area contributed by atoms with E-state index in [0.717, 1.165) is 5.56 Å². The van der Waals surface area contributed by atoms with Crippen LogP contribution in [0.4, 0.5) is 4.39 Å². The summed E-state index contributed by atoms with van der Waals surface area (Å²) in [5, 5.41) is 8.98. The van der Waals surface area contributed by atoms with Gasteiger partial charge in [-0.15, -0.1) is 0 Å². The fourth-order valence-electron chi connectivity index (χ4n) is 1.01. The fourth-order valence-corrected chi connectivity index (χ4v) is 2.08. The van der Waals surface area contributed by atoms with E-state index in [9.17, 15) is 8.60 Å². The number of aliphatic hydroxyl groups excluding tert-OH is 1. The zero-order valence-corrected chi connectivity index (χ0v) is 8.76. The molecule has 0 aromatic heterocycles. The monoisotopic (exact) mass is 216 g/mol. The molecule has 0 fully saturated rings. The first-order valence-electron chi connectivity index (χ1n) is 4.32. The first kappa shape index (κ1) is 11.3. The van der Waals surface area contributed by atoms with Crippen LogP contribution in [0.1, 0.15) is 5.56 Å². The lowest BCUT2D eigenvalue weighted by atomic mass is 10.2. The molecule has 0 aliphatic carbocycles. The Kier molecular flexibility index (Phi) is 4.22. The van der Waals surface area contributed by atoms with Crippen LogP contribution in [0.2, 0.25) is 0 Å². The summed E-state index contributed by atoms with van der Waals surface area (Å²) in [6.45, 7) is 1.08. The molecule has 4 heteroatoms. The van der Waals surface area contributed by atoms with Gasteiger partial charge in [0.05, 0.1) is 22.7 Å². The Hall–Kier alpha value is -0.740. The van der Waals surface area contributed by atoms with Crippen LogP contribution in [-0.4, -0.2) is 27.8 Å². The highest BCUT2D eigenvalue weighted by atomic mass is 32.2. The summed E-state index contributed by atoms with van der Waals surface area (Å²) in [5.74, 6) is -0.0421. The Bertz CT molecular complexity index is 310. The van der Waals surface area contributed by atoms with E-state index in [4.69, 9.17) is 5.11 Å². The van der Waals surface area contributed by atoms with E-state index in [0.29, 0.717) is 4.90 Å². The molecule has 1 aromatic carbocycles. The van der Waals surface area contributed by atoms with Gasteiger partial charge in [0.1, 0.15) is 6.67 Å². The smallest absolute Gasteiger partial charge is 0.116 e. The van der Waals surface area contributed by atoms with E-state index in [1.807, 2.05) is 19.1 Å². The second-order valence-corrected chi connectivity index (χ2v) is 4.63. The molecule has 1 rings (SSSR count). The number of halogens is 1. The number of rotatable bonds is 4. The van der Waals surface area contributed by atoms with E-state index in [1.54, 1.807) is 12.1 Å². The van der Waals surface area contributed by atoms with Crippen LogP contribution >= 0.6 is 0 Å². The third-order valence-electron chi connectivity index (χ3n) is 1.81. The molecule has 0 saturated carbocycles. The van der Waals surface area contributed by atoms with Gasteiger partial charge < -0.3 is 5.11 Å². The molecule has 0 spiro atoms. The zero-order valence-electron chi connectivity index (χ0n) is 7.94. The van der Waals surface area contributed by atoms with Gasteiger partial charge >= 0.3 is 0 Å². The van der Waals surface area contributed by atoms with Crippen LogP contribution in [0.3, 0.4) is 0 Å². The van der Waals surface area contributed by atoms with Crippen LogP contribution in [-0.2, 0) is 10.8 Å². The Morgan fingerprint density at radius 3 is 2.50 bits per heavy atom. The van der Waals surface area contributed by atoms with Crippen molar-refractivity contribution in [3.8, 4) is 0 Å². The van der Waals surface area contributed by atoms with Crippen molar-refractivity contribution >= 4 is 10.8 Å². The van der Waals surface area contributed by atoms with Crippen molar-refractivity contribution in [2.24, 2.45) is 0 Å². The summed E-state index contributed by atoms with van der Waals surface area (Å²) in [4.78, 5) is 0.628. The number of hydrogen-bond donors (Lipinski definition) is 1. The Labute approximate surface area is 85.2 Å². The number of alkyl halides is 1. The minimum Gasteiger partial charge on any atom is -0.389 e. The number of aliphatic hydroxyl groups is 1. The van der Waals surface area contributed by atoms with Gasteiger partial charge in [-0.05, 0) is 19.1 Å². The van der Waals surface area contributed by atoms with Crippen molar-refractivity contribution in [2.45, 2.75) is 17.9 Å². The van der Waals surface area contributed by atoms with Crippen LogP contribution in [0, 0.1) is 6.92 Å². The molecule has 0 aliphatic rings. The molecule has 2 atom stereocenters. The number of benzene rings is 1. The van der Waals surface area contributed by atoms with Crippen LogP contribution in [0.15, 0.2) is 29.2 Å². The molecule has 1 N–H and O–H groups in total. The first-order chi connectivity index (χ1) is 6.63. The van der Waals surface area contributed by atoms with Gasteiger partial charge in [0.15, 0.2) is 0 Å². The van der Waals surface area contributed by atoms with Crippen molar-refractivity contribution in [3.05, 3.63) is 29.8 Å². The largest absolute Gasteiger partial charge is 0.389 e. The van der Waals surface area contributed by atoms with E-state index in [1.165, 1.54) is 0 Å². The molecular formula is C10H13FO2S. The zero-order chi connectivity index (χ0) is 10.6. The highest BCUT2D eigenvalue weighted by Gasteiger charge is 2.10. The highest BCUT2D eigenvalue weighted by molar-refractivity contribution is 7.85. The van der Waals surface area contributed by atoms with Crippen molar-refractivity contribution in [3.63, 3.8) is 0 Å². The second kappa shape index (κ2) is 5.22. The predicted octanol–water partition coefficient (Wildman–Crippen LogP) is 1.43. The molecule has 0 radical (unpaired) electrons. The fraction of sp³-hybridized carbons (Fsp3) is 0.400. The van der Waals surface area contributed by atoms with E-state index >= 15 is 0 Å². The van der Waals surface area contributed by atoms with Gasteiger partial charge in [0.2, 0.25) is 0 Å². The standard InChI is InChI=1S/C10H13FO2S/c1-8-2-4-10(5-3-8)14(13)7-9(12)6-11/h2-5,9,12H,6-7H2,1H3/t9-,14?/m1/s1. The summed E-state index contributed by atoms with van der Waals surface area (Å²) >= 11 is 0. The Balaban J connectivity index is 2.65. The van der Waals surface area contributed by atoms with Gasteiger partial charge in [-0.25, -0.2) is 4.39 Å². The molecule has 0 aliphatic heterocycles. The highest BCUT2D eigenvalue weighted by Crippen LogP contribution is 2.09. The van der Waals surface area contributed by atoms with E-state index in [2.05, 4.69) is 0 Å². The first-order valence-corrected chi connectivity index (χ1v) is 5.64. The van der Waals surface area contributed by atoms with Gasteiger partial charge in [0, 0.05) is 4.90 Å². The molecule has 1 unspecified atom stereocenters. The summed E-state index contributed by atoms with van der Waals surface area (Å²) in [7, 11) is -1.31. The van der Waals surface area contributed by atoms with Gasteiger partial charge in [-0.2, -0.15) is 0 Å². The quantitative estimate of drug-likeness (QED) is 0.826. The second-order valence-electron chi connectivity index (χ2n) is 3.13. The maximum Gasteiger partial charge on any atom is 0.116 e. The Morgan fingerprint density at radius 1 is 1.43 bits per heavy atom. The molecule has 78 valence electrons. The van der Waals surface area contributed by atoms with Crippen LogP contribution in [0.25, 0.3) is 0 Å². The third-order valence-corrected chi connectivity index (χ3v) is 3.29. The molecule has 2 nitrogen and oxygen atoms in total. The van der Waals surface area contributed by atoms with Crippen LogP contribution < -0.4 is 0 Å². The molecule has 14 heavy (non-hydrogen) atoms.